The van der Waals surface area contributed by atoms with Crippen molar-refractivity contribution in [3.63, 3.8) is 0 Å². The number of halogens is 1. The fourth-order valence-corrected chi connectivity index (χ4v) is 1.56. The lowest BCUT2D eigenvalue weighted by molar-refractivity contribution is -0.137. The van der Waals surface area contributed by atoms with Gasteiger partial charge in [0, 0.05) is 22.3 Å². The van der Waals surface area contributed by atoms with Gasteiger partial charge in [-0.1, -0.05) is 17.7 Å². The van der Waals surface area contributed by atoms with Crippen molar-refractivity contribution >= 4 is 23.3 Å². The molecule has 0 spiro atoms. The predicted molar refractivity (Wildman–Crippen MR) is 55.0 cm³/mol. The summed E-state index contributed by atoms with van der Waals surface area (Å²) in [6, 6.07) is 4.30. The lowest BCUT2D eigenvalue weighted by Crippen LogP contribution is -2.17. The van der Waals surface area contributed by atoms with Gasteiger partial charge in [0.15, 0.2) is 0 Å². The lowest BCUT2D eigenvalue weighted by atomic mass is 10.0. The van der Waals surface area contributed by atoms with E-state index in [1.54, 1.807) is 18.2 Å². The second kappa shape index (κ2) is 4.30. The first kappa shape index (κ1) is 10.8. The third kappa shape index (κ3) is 2.37. The van der Waals surface area contributed by atoms with E-state index in [-0.39, 0.29) is 6.42 Å². The van der Waals surface area contributed by atoms with E-state index in [4.69, 9.17) is 28.2 Å². The van der Waals surface area contributed by atoms with Crippen molar-refractivity contribution in [2.24, 2.45) is 5.73 Å². The van der Waals surface area contributed by atoms with E-state index in [2.05, 4.69) is 0 Å². The summed E-state index contributed by atoms with van der Waals surface area (Å²) in [6.07, 6.45) is -0.187. The summed E-state index contributed by atoms with van der Waals surface area (Å²) in [4.78, 5) is 10.4. The maximum Gasteiger partial charge on any atom is 0.305 e. The number of carboxylic acids is 1. The van der Waals surface area contributed by atoms with Gasteiger partial charge >= 0.3 is 5.97 Å². The first-order valence-corrected chi connectivity index (χ1v) is 4.41. The van der Waals surface area contributed by atoms with Crippen LogP contribution in [0.3, 0.4) is 0 Å². The number of nitrogen functional groups attached to an aromatic ring is 1. The van der Waals surface area contributed by atoms with Gasteiger partial charge in [0.1, 0.15) is 0 Å². The largest absolute Gasteiger partial charge is 0.481 e. The Kier molecular flexibility index (Phi) is 3.33. The molecule has 0 aliphatic rings. The van der Waals surface area contributed by atoms with Crippen LogP contribution in [0.2, 0.25) is 5.02 Å². The number of rotatable bonds is 3. The maximum absolute atomic E-state index is 10.4. The predicted octanol–water partition coefficient (Wildman–Crippen LogP) is 1.40. The molecule has 0 unspecified atom stereocenters. The van der Waals surface area contributed by atoms with E-state index < -0.39 is 12.0 Å². The van der Waals surface area contributed by atoms with Crippen molar-refractivity contribution < 1.29 is 9.90 Å². The first-order valence-electron chi connectivity index (χ1n) is 4.03. The van der Waals surface area contributed by atoms with E-state index in [1.165, 1.54) is 0 Å². The van der Waals surface area contributed by atoms with Gasteiger partial charge < -0.3 is 16.6 Å². The fraction of sp³-hybridized carbons (Fsp3) is 0.222. The van der Waals surface area contributed by atoms with Crippen LogP contribution in [-0.4, -0.2) is 11.1 Å². The van der Waals surface area contributed by atoms with Crippen molar-refractivity contribution in [2.75, 3.05) is 5.73 Å². The van der Waals surface area contributed by atoms with Gasteiger partial charge in [-0.15, -0.1) is 0 Å². The monoisotopic (exact) mass is 214 g/mol. The number of nitrogens with two attached hydrogens (primary N) is 2. The van der Waals surface area contributed by atoms with Crippen LogP contribution in [0.15, 0.2) is 18.2 Å². The van der Waals surface area contributed by atoms with Crippen LogP contribution in [0.5, 0.6) is 0 Å². The maximum atomic E-state index is 10.4. The van der Waals surface area contributed by atoms with E-state index in [0.29, 0.717) is 16.3 Å². The van der Waals surface area contributed by atoms with Crippen molar-refractivity contribution in [3.8, 4) is 0 Å². The zero-order valence-electron chi connectivity index (χ0n) is 7.40. The minimum atomic E-state index is -0.975. The zero-order chi connectivity index (χ0) is 10.7. The molecule has 1 atom stereocenters. The standard InChI is InChI=1S/C9H11ClN2O2/c10-5-2-1-3-6(11)9(5)7(12)4-8(13)14/h1-3,7H,4,11-12H2,(H,13,14)/t7-/m1/s1. The topological polar surface area (TPSA) is 89.3 Å². The highest BCUT2D eigenvalue weighted by atomic mass is 35.5. The molecule has 0 fully saturated rings. The molecule has 0 amide bonds. The molecule has 0 aliphatic heterocycles. The van der Waals surface area contributed by atoms with E-state index in [1.807, 2.05) is 0 Å². The smallest absolute Gasteiger partial charge is 0.305 e. The van der Waals surface area contributed by atoms with Crippen LogP contribution in [-0.2, 0) is 4.79 Å². The quantitative estimate of drug-likeness (QED) is 0.664. The Hall–Kier alpha value is -1.26. The van der Waals surface area contributed by atoms with Gasteiger partial charge in [-0.25, -0.2) is 0 Å². The normalized spacial score (nSPS) is 12.4. The molecule has 1 aromatic carbocycles. The third-order valence-corrected chi connectivity index (χ3v) is 2.18. The van der Waals surface area contributed by atoms with Gasteiger partial charge in [0.2, 0.25) is 0 Å². The molecule has 0 radical (unpaired) electrons. The molecule has 0 saturated carbocycles. The van der Waals surface area contributed by atoms with Crippen molar-refractivity contribution in [2.45, 2.75) is 12.5 Å². The Labute approximate surface area is 86.5 Å². The summed E-state index contributed by atoms with van der Waals surface area (Å²) in [7, 11) is 0. The Bertz CT molecular complexity index is 334. The van der Waals surface area contributed by atoms with E-state index in [9.17, 15) is 4.79 Å². The van der Waals surface area contributed by atoms with Crippen LogP contribution in [0, 0.1) is 0 Å². The van der Waals surface area contributed by atoms with Gasteiger partial charge in [0.05, 0.1) is 6.42 Å². The van der Waals surface area contributed by atoms with Crippen LogP contribution in [0.25, 0.3) is 0 Å². The second-order valence-corrected chi connectivity index (χ2v) is 3.35. The molecule has 76 valence electrons. The van der Waals surface area contributed by atoms with Crippen molar-refractivity contribution in [3.05, 3.63) is 28.8 Å². The Morgan fingerprint density at radius 2 is 2.21 bits per heavy atom. The highest BCUT2D eigenvalue weighted by Gasteiger charge is 2.16. The zero-order valence-corrected chi connectivity index (χ0v) is 8.16. The average molecular weight is 215 g/mol. The number of hydrogen-bond donors (Lipinski definition) is 3. The molecule has 0 heterocycles. The molecule has 0 aliphatic carbocycles. The summed E-state index contributed by atoms with van der Waals surface area (Å²) in [6.45, 7) is 0. The fourth-order valence-electron chi connectivity index (χ4n) is 1.24. The molecule has 5 N–H and O–H groups in total. The minimum Gasteiger partial charge on any atom is -0.481 e. The summed E-state index contributed by atoms with van der Waals surface area (Å²) in [5, 5.41) is 8.96. The van der Waals surface area contributed by atoms with Crippen LogP contribution in [0.4, 0.5) is 5.69 Å². The Morgan fingerprint density at radius 3 is 2.71 bits per heavy atom. The number of carboxylic acid groups (broad SMARTS) is 1. The molecular weight excluding hydrogens is 204 g/mol. The van der Waals surface area contributed by atoms with E-state index in [0.717, 1.165) is 0 Å². The average Bonchev–Trinajstić information content (AvgIpc) is 2.01. The Morgan fingerprint density at radius 1 is 1.57 bits per heavy atom. The summed E-state index contributed by atoms with van der Waals surface area (Å²) < 4.78 is 0. The molecule has 4 nitrogen and oxygen atoms in total. The highest BCUT2D eigenvalue weighted by Crippen LogP contribution is 2.28. The van der Waals surface area contributed by atoms with Crippen molar-refractivity contribution in [1.29, 1.82) is 0 Å². The number of aliphatic carboxylic acids is 1. The van der Waals surface area contributed by atoms with Crippen LogP contribution < -0.4 is 11.5 Å². The van der Waals surface area contributed by atoms with Crippen LogP contribution in [0.1, 0.15) is 18.0 Å². The highest BCUT2D eigenvalue weighted by molar-refractivity contribution is 6.31. The molecule has 1 aromatic rings. The SMILES string of the molecule is Nc1cccc(Cl)c1[C@H](N)CC(=O)O. The molecule has 0 bridgehead atoms. The van der Waals surface area contributed by atoms with Crippen molar-refractivity contribution in [1.82, 2.24) is 0 Å². The molecule has 1 rings (SSSR count). The lowest BCUT2D eigenvalue weighted by Gasteiger charge is -2.13. The molecular formula is C9H11ClN2O2. The molecule has 14 heavy (non-hydrogen) atoms. The number of hydrogen-bond acceptors (Lipinski definition) is 3. The van der Waals surface area contributed by atoms with Gasteiger partial charge in [-0.2, -0.15) is 0 Å². The van der Waals surface area contributed by atoms with Gasteiger partial charge in [-0.3, -0.25) is 4.79 Å². The number of carbonyl (C=O) groups is 1. The summed E-state index contributed by atoms with van der Waals surface area (Å²) in [5.74, 6) is -0.975. The number of anilines is 1. The molecule has 5 heteroatoms. The Balaban J connectivity index is 2.99. The summed E-state index contributed by atoms with van der Waals surface area (Å²) >= 11 is 5.85. The third-order valence-electron chi connectivity index (χ3n) is 1.85. The minimum absolute atomic E-state index is 0.187. The van der Waals surface area contributed by atoms with Gasteiger partial charge in [-0.05, 0) is 12.1 Å². The van der Waals surface area contributed by atoms with Gasteiger partial charge in [0.25, 0.3) is 0 Å². The molecule has 0 aromatic heterocycles. The second-order valence-electron chi connectivity index (χ2n) is 2.95. The first-order chi connectivity index (χ1) is 6.52. The summed E-state index contributed by atoms with van der Waals surface area (Å²) in [5.41, 5.74) is 12.2. The molecule has 0 saturated heterocycles. The van der Waals surface area contributed by atoms with E-state index >= 15 is 0 Å². The van der Waals surface area contributed by atoms with Crippen LogP contribution >= 0.6 is 11.6 Å². The number of benzene rings is 1.